The molecule has 1 aromatic rings. The van der Waals surface area contributed by atoms with E-state index in [1.54, 1.807) is 6.92 Å². The van der Waals surface area contributed by atoms with Gasteiger partial charge >= 0.3 is 5.97 Å². The topological polar surface area (TPSA) is 84.9 Å². The van der Waals surface area contributed by atoms with Gasteiger partial charge in [0.05, 0.1) is 28.8 Å². The molecule has 4 heteroatoms. The molecular weight excluding hydrogens is 180 g/mol. The summed E-state index contributed by atoms with van der Waals surface area (Å²) in [4.78, 5) is 10.7. The molecule has 1 N–H and O–H groups in total. The third-order valence-electron chi connectivity index (χ3n) is 1.89. The second-order valence-electron chi connectivity index (χ2n) is 2.73. The monoisotopic (exact) mass is 186 g/mol. The van der Waals surface area contributed by atoms with Crippen molar-refractivity contribution >= 4 is 5.97 Å². The van der Waals surface area contributed by atoms with Crippen LogP contribution in [0.3, 0.4) is 0 Å². The van der Waals surface area contributed by atoms with Crippen molar-refractivity contribution in [1.29, 1.82) is 10.5 Å². The Labute approximate surface area is 80.6 Å². The van der Waals surface area contributed by atoms with Gasteiger partial charge in [0, 0.05) is 0 Å². The lowest BCUT2D eigenvalue weighted by Gasteiger charge is -2.02. The number of hydrogen-bond acceptors (Lipinski definition) is 3. The van der Waals surface area contributed by atoms with E-state index in [-0.39, 0.29) is 16.7 Å². The third-order valence-corrected chi connectivity index (χ3v) is 1.89. The van der Waals surface area contributed by atoms with Crippen LogP contribution in [-0.4, -0.2) is 11.1 Å². The van der Waals surface area contributed by atoms with Crippen molar-refractivity contribution in [3.63, 3.8) is 0 Å². The lowest BCUT2D eigenvalue weighted by atomic mass is 10.00. The molecule has 0 aromatic heterocycles. The maximum Gasteiger partial charge on any atom is 0.336 e. The van der Waals surface area contributed by atoms with Gasteiger partial charge in [0.25, 0.3) is 0 Å². The van der Waals surface area contributed by atoms with Crippen molar-refractivity contribution in [2.45, 2.75) is 6.92 Å². The number of nitrogens with zero attached hydrogens (tertiary/aromatic N) is 2. The fourth-order valence-corrected chi connectivity index (χ4v) is 1.12. The van der Waals surface area contributed by atoms with E-state index in [1.807, 2.05) is 12.1 Å². The molecule has 0 saturated heterocycles. The zero-order valence-electron chi connectivity index (χ0n) is 7.40. The summed E-state index contributed by atoms with van der Waals surface area (Å²) in [5.41, 5.74) is 0.797. The number of carbonyl (C=O) groups is 1. The number of carboxylic acid groups (broad SMARTS) is 1. The molecule has 0 bridgehead atoms. The standard InChI is InChI=1S/C10H6N2O2/c1-6-8(5-12)2-7(4-11)3-9(6)10(13)14/h2-3H,1H3,(H,13,14). The van der Waals surface area contributed by atoms with Gasteiger partial charge in [0.1, 0.15) is 0 Å². The molecule has 0 aliphatic rings. The summed E-state index contributed by atoms with van der Waals surface area (Å²) in [6.07, 6.45) is 0. The highest BCUT2D eigenvalue weighted by Crippen LogP contribution is 2.15. The third kappa shape index (κ3) is 1.55. The summed E-state index contributed by atoms with van der Waals surface area (Å²) >= 11 is 0. The minimum atomic E-state index is -1.13. The van der Waals surface area contributed by atoms with E-state index in [4.69, 9.17) is 15.6 Å². The normalized spacial score (nSPS) is 8.79. The Hall–Kier alpha value is -2.33. The van der Waals surface area contributed by atoms with Gasteiger partial charge in [-0.1, -0.05) is 0 Å². The van der Waals surface area contributed by atoms with Gasteiger partial charge < -0.3 is 5.11 Å². The molecule has 0 heterocycles. The van der Waals surface area contributed by atoms with Crippen LogP contribution in [0.5, 0.6) is 0 Å². The average molecular weight is 186 g/mol. The Bertz CT molecular complexity index is 478. The summed E-state index contributed by atoms with van der Waals surface area (Å²) in [5.74, 6) is -1.13. The fourth-order valence-electron chi connectivity index (χ4n) is 1.12. The molecule has 0 atom stereocenters. The number of carboxylic acids is 1. The van der Waals surface area contributed by atoms with Crippen LogP contribution in [0.1, 0.15) is 27.0 Å². The first kappa shape index (κ1) is 9.76. The summed E-state index contributed by atoms with van der Waals surface area (Å²) in [6, 6.07) is 6.30. The zero-order valence-corrected chi connectivity index (χ0v) is 7.40. The van der Waals surface area contributed by atoms with Crippen molar-refractivity contribution in [2.75, 3.05) is 0 Å². The number of aromatic carboxylic acids is 1. The van der Waals surface area contributed by atoms with Gasteiger partial charge in [-0.3, -0.25) is 0 Å². The van der Waals surface area contributed by atoms with Gasteiger partial charge in [-0.25, -0.2) is 4.79 Å². The fraction of sp³-hybridized carbons (Fsp3) is 0.100. The summed E-state index contributed by atoms with van der Waals surface area (Å²) < 4.78 is 0. The first-order valence-corrected chi connectivity index (χ1v) is 3.78. The lowest BCUT2D eigenvalue weighted by molar-refractivity contribution is 0.0696. The van der Waals surface area contributed by atoms with E-state index in [9.17, 15) is 4.79 Å². The van der Waals surface area contributed by atoms with E-state index < -0.39 is 5.97 Å². The molecule has 0 fully saturated rings. The number of hydrogen-bond donors (Lipinski definition) is 1. The number of benzene rings is 1. The van der Waals surface area contributed by atoms with Crippen LogP contribution in [0.4, 0.5) is 0 Å². The maximum atomic E-state index is 10.7. The van der Waals surface area contributed by atoms with Gasteiger partial charge in [-0.2, -0.15) is 10.5 Å². The highest BCUT2D eigenvalue weighted by Gasteiger charge is 2.12. The summed E-state index contributed by atoms with van der Waals surface area (Å²) in [7, 11) is 0. The van der Waals surface area contributed by atoms with Crippen LogP contribution < -0.4 is 0 Å². The SMILES string of the molecule is Cc1c(C#N)cc(C#N)cc1C(=O)O. The molecule has 1 rings (SSSR count). The van der Waals surface area contributed by atoms with Crippen LogP contribution in [0, 0.1) is 29.6 Å². The van der Waals surface area contributed by atoms with E-state index in [0.717, 1.165) is 0 Å². The number of nitriles is 2. The second kappa shape index (κ2) is 3.59. The van der Waals surface area contributed by atoms with Crippen LogP contribution in [0.15, 0.2) is 12.1 Å². The van der Waals surface area contributed by atoms with Crippen LogP contribution in [0.2, 0.25) is 0 Å². The van der Waals surface area contributed by atoms with Gasteiger partial charge in [-0.05, 0) is 24.6 Å². The predicted molar refractivity (Wildman–Crippen MR) is 47.6 cm³/mol. The van der Waals surface area contributed by atoms with Crippen LogP contribution in [-0.2, 0) is 0 Å². The minimum Gasteiger partial charge on any atom is -0.478 e. The van der Waals surface area contributed by atoms with Gasteiger partial charge in [-0.15, -0.1) is 0 Å². The molecular formula is C10H6N2O2. The van der Waals surface area contributed by atoms with E-state index in [0.29, 0.717) is 5.56 Å². The molecule has 68 valence electrons. The second-order valence-corrected chi connectivity index (χ2v) is 2.73. The Morgan fingerprint density at radius 2 is 2.00 bits per heavy atom. The van der Waals surface area contributed by atoms with E-state index >= 15 is 0 Å². The molecule has 0 saturated carbocycles. The van der Waals surface area contributed by atoms with E-state index in [1.165, 1.54) is 12.1 Å². The molecule has 14 heavy (non-hydrogen) atoms. The first-order valence-electron chi connectivity index (χ1n) is 3.78. The van der Waals surface area contributed by atoms with Gasteiger partial charge in [0.2, 0.25) is 0 Å². The molecule has 0 aliphatic carbocycles. The first-order chi connectivity index (χ1) is 6.60. The van der Waals surface area contributed by atoms with Crippen molar-refractivity contribution in [3.05, 3.63) is 34.4 Å². The number of rotatable bonds is 1. The Kier molecular flexibility index (Phi) is 2.50. The Balaban J connectivity index is 3.54. The molecule has 0 spiro atoms. The molecule has 0 radical (unpaired) electrons. The van der Waals surface area contributed by atoms with Crippen LogP contribution in [0.25, 0.3) is 0 Å². The van der Waals surface area contributed by atoms with Crippen molar-refractivity contribution < 1.29 is 9.90 Å². The maximum absolute atomic E-state index is 10.7. The smallest absolute Gasteiger partial charge is 0.336 e. The highest BCUT2D eigenvalue weighted by molar-refractivity contribution is 5.90. The Morgan fingerprint density at radius 1 is 1.36 bits per heavy atom. The van der Waals surface area contributed by atoms with Crippen molar-refractivity contribution in [1.82, 2.24) is 0 Å². The minimum absolute atomic E-state index is 0.000556. The quantitative estimate of drug-likeness (QED) is 0.718. The molecule has 4 nitrogen and oxygen atoms in total. The molecule has 0 amide bonds. The average Bonchev–Trinajstić information content (AvgIpc) is 2.17. The van der Waals surface area contributed by atoms with Crippen molar-refractivity contribution in [3.8, 4) is 12.1 Å². The molecule has 0 unspecified atom stereocenters. The largest absolute Gasteiger partial charge is 0.478 e. The lowest BCUT2D eigenvalue weighted by Crippen LogP contribution is -2.02. The Morgan fingerprint density at radius 3 is 2.43 bits per heavy atom. The van der Waals surface area contributed by atoms with Crippen LogP contribution >= 0.6 is 0 Å². The van der Waals surface area contributed by atoms with E-state index in [2.05, 4.69) is 0 Å². The summed E-state index contributed by atoms with van der Waals surface area (Å²) in [6.45, 7) is 1.54. The predicted octanol–water partition coefficient (Wildman–Crippen LogP) is 1.44. The molecule has 1 aromatic carbocycles. The summed E-state index contributed by atoms with van der Waals surface area (Å²) in [5, 5.41) is 26.1. The highest BCUT2D eigenvalue weighted by atomic mass is 16.4. The zero-order chi connectivity index (χ0) is 10.7. The molecule has 0 aliphatic heterocycles. The van der Waals surface area contributed by atoms with Gasteiger partial charge in [0.15, 0.2) is 0 Å². The van der Waals surface area contributed by atoms with Crippen molar-refractivity contribution in [2.24, 2.45) is 0 Å².